The van der Waals surface area contributed by atoms with E-state index in [4.69, 9.17) is 23.2 Å². The molecule has 0 radical (unpaired) electrons. The van der Waals surface area contributed by atoms with E-state index >= 15 is 0 Å². The summed E-state index contributed by atoms with van der Waals surface area (Å²) in [6.07, 6.45) is 1.05. The Kier molecular flexibility index (Phi) is 8.34. The summed E-state index contributed by atoms with van der Waals surface area (Å²) in [5.41, 5.74) is 2.75. The maximum absolute atomic E-state index is 13.1. The molecule has 2 amide bonds. The first-order chi connectivity index (χ1) is 13.3. The molecule has 0 bridgehead atoms. The highest BCUT2D eigenvalue weighted by Gasteiger charge is 2.26. The van der Waals surface area contributed by atoms with Crippen molar-refractivity contribution in [2.75, 3.05) is 6.54 Å². The fourth-order valence-electron chi connectivity index (χ4n) is 2.91. The first kappa shape index (κ1) is 22.3. The Bertz CT molecular complexity index is 839. The van der Waals surface area contributed by atoms with Crippen molar-refractivity contribution in [3.8, 4) is 0 Å². The SMILES string of the molecule is CCCNC(=O)C(C)N(Cc1ccc(Cl)cc1Cl)C(=O)Cc1cccc(C)c1. The van der Waals surface area contributed by atoms with Crippen LogP contribution in [0, 0.1) is 6.92 Å². The van der Waals surface area contributed by atoms with Gasteiger partial charge < -0.3 is 10.2 Å². The number of nitrogens with one attached hydrogen (secondary N) is 1. The van der Waals surface area contributed by atoms with E-state index < -0.39 is 6.04 Å². The normalized spacial score (nSPS) is 11.8. The van der Waals surface area contributed by atoms with Crippen LogP contribution in [0.25, 0.3) is 0 Å². The number of halogens is 2. The van der Waals surface area contributed by atoms with Crippen LogP contribution in [0.1, 0.15) is 37.0 Å². The largest absolute Gasteiger partial charge is 0.354 e. The molecule has 28 heavy (non-hydrogen) atoms. The summed E-state index contributed by atoms with van der Waals surface area (Å²) < 4.78 is 0. The van der Waals surface area contributed by atoms with Crippen LogP contribution in [0.15, 0.2) is 42.5 Å². The number of nitrogens with zero attached hydrogens (tertiary/aromatic N) is 1. The summed E-state index contributed by atoms with van der Waals surface area (Å²) in [5, 5.41) is 3.87. The lowest BCUT2D eigenvalue weighted by Gasteiger charge is -2.29. The van der Waals surface area contributed by atoms with Gasteiger partial charge in [0.05, 0.1) is 6.42 Å². The van der Waals surface area contributed by atoms with Gasteiger partial charge in [0.25, 0.3) is 0 Å². The average Bonchev–Trinajstić information content (AvgIpc) is 2.65. The van der Waals surface area contributed by atoms with Gasteiger partial charge in [0.1, 0.15) is 6.04 Å². The molecule has 1 unspecified atom stereocenters. The van der Waals surface area contributed by atoms with E-state index in [2.05, 4.69) is 5.32 Å². The number of carbonyl (C=O) groups is 2. The van der Waals surface area contributed by atoms with Crippen molar-refractivity contribution in [1.82, 2.24) is 10.2 Å². The monoisotopic (exact) mass is 420 g/mol. The third kappa shape index (κ3) is 6.25. The number of amides is 2. The van der Waals surface area contributed by atoms with Crippen molar-refractivity contribution in [3.63, 3.8) is 0 Å². The zero-order valence-electron chi connectivity index (χ0n) is 16.5. The van der Waals surface area contributed by atoms with Gasteiger partial charge in [0, 0.05) is 23.1 Å². The van der Waals surface area contributed by atoms with E-state index in [1.807, 2.05) is 38.1 Å². The first-order valence-electron chi connectivity index (χ1n) is 9.38. The molecule has 150 valence electrons. The minimum atomic E-state index is -0.615. The highest BCUT2D eigenvalue weighted by Crippen LogP contribution is 2.23. The fraction of sp³-hybridized carbons (Fsp3) is 0.364. The molecular formula is C22H26Cl2N2O2. The summed E-state index contributed by atoms with van der Waals surface area (Å²) in [4.78, 5) is 27.2. The van der Waals surface area contributed by atoms with Gasteiger partial charge in [-0.1, -0.05) is 66.0 Å². The number of carbonyl (C=O) groups excluding carboxylic acids is 2. The predicted octanol–water partition coefficient (Wildman–Crippen LogP) is 4.79. The Labute approximate surface area is 176 Å². The molecule has 0 fully saturated rings. The number of rotatable bonds is 8. The highest BCUT2D eigenvalue weighted by atomic mass is 35.5. The van der Waals surface area contributed by atoms with Crippen molar-refractivity contribution in [1.29, 1.82) is 0 Å². The Morgan fingerprint density at radius 3 is 2.54 bits per heavy atom. The van der Waals surface area contributed by atoms with Crippen LogP contribution in [0.3, 0.4) is 0 Å². The quantitative estimate of drug-likeness (QED) is 0.667. The molecule has 0 aliphatic rings. The van der Waals surface area contributed by atoms with Gasteiger partial charge in [0.15, 0.2) is 0 Å². The van der Waals surface area contributed by atoms with E-state index in [9.17, 15) is 9.59 Å². The molecule has 0 aromatic heterocycles. The third-order valence-corrected chi connectivity index (χ3v) is 5.10. The van der Waals surface area contributed by atoms with Gasteiger partial charge in [-0.25, -0.2) is 0 Å². The van der Waals surface area contributed by atoms with Crippen LogP contribution in [-0.2, 0) is 22.6 Å². The van der Waals surface area contributed by atoms with Gasteiger partial charge in [-0.15, -0.1) is 0 Å². The second-order valence-corrected chi connectivity index (χ2v) is 7.73. The zero-order chi connectivity index (χ0) is 20.7. The van der Waals surface area contributed by atoms with Crippen LogP contribution in [0.4, 0.5) is 0 Å². The van der Waals surface area contributed by atoms with Gasteiger partial charge in [0.2, 0.25) is 11.8 Å². The van der Waals surface area contributed by atoms with Crippen LogP contribution >= 0.6 is 23.2 Å². The predicted molar refractivity (Wildman–Crippen MR) is 115 cm³/mol. The molecular weight excluding hydrogens is 395 g/mol. The van der Waals surface area contributed by atoms with Gasteiger partial charge in [-0.2, -0.15) is 0 Å². The van der Waals surface area contributed by atoms with Crippen molar-refractivity contribution in [2.24, 2.45) is 0 Å². The minimum Gasteiger partial charge on any atom is -0.354 e. The Morgan fingerprint density at radius 1 is 1.14 bits per heavy atom. The molecule has 4 nitrogen and oxygen atoms in total. The Hall–Kier alpha value is -2.04. The molecule has 1 N–H and O–H groups in total. The smallest absolute Gasteiger partial charge is 0.242 e. The van der Waals surface area contributed by atoms with Crippen molar-refractivity contribution in [3.05, 3.63) is 69.2 Å². The highest BCUT2D eigenvalue weighted by molar-refractivity contribution is 6.35. The fourth-order valence-corrected chi connectivity index (χ4v) is 3.38. The third-order valence-electron chi connectivity index (χ3n) is 4.51. The lowest BCUT2D eigenvalue weighted by atomic mass is 10.1. The number of hydrogen-bond acceptors (Lipinski definition) is 2. The molecule has 0 aliphatic carbocycles. The maximum Gasteiger partial charge on any atom is 0.242 e. The van der Waals surface area contributed by atoms with E-state index in [-0.39, 0.29) is 24.8 Å². The topological polar surface area (TPSA) is 49.4 Å². The first-order valence-corrected chi connectivity index (χ1v) is 10.1. The second kappa shape index (κ2) is 10.5. The summed E-state index contributed by atoms with van der Waals surface area (Å²) >= 11 is 12.3. The van der Waals surface area contributed by atoms with Gasteiger partial charge >= 0.3 is 0 Å². The van der Waals surface area contributed by atoms with E-state index in [1.54, 1.807) is 30.0 Å². The number of aryl methyl sites for hydroxylation is 1. The van der Waals surface area contributed by atoms with Crippen molar-refractivity contribution < 1.29 is 9.59 Å². The Balaban J connectivity index is 2.26. The van der Waals surface area contributed by atoms with Crippen molar-refractivity contribution >= 4 is 35.0 Å². The Morgan fingerprint density at radius 2 is 1.89 bits per heavy atom. The lowest BCUT2D eigenvalue weighted by Crippen LogP contribution is -2.48. The molecule has 0 heterocycles. The second-order valence-electron chi connectivity index (χ2n) is 6.89. The van der Waals surface area contributed by atoms with Crippen LogP contribution in [0.5, 0.6) is 0 Å². The van der Waals surface area contributed by atoms with E-state index in [0.29, 0.717) is 16.6 Å². The molecule has 1 atom stereocenters. The molecule has 6 heteroatoms. The van der Waals surface area contributed by atoms with E-state index in [0.717, 1.165) is 23.1 Å². The molecule has 0 spiro atoms. The summed E-state index contributed by atoms with van der Waals surface area (Å²) in [6.45, 7) is 6.52. The van der Waals surface area contributed by atoms with Crippen molar-refractivity contribution in [2.45, 2.75) is 46.2 Å². The molecule has 0 aliphatic heterocycles. The average molecular weight is 421 g/mol. The number of benzene rings is 2. The summed E-state index contributed by atoms with van der Waals surface area (Å²) in [6, 6.07) is 12.4. The molecule has 2 aromatic carbocycles. The van der Waals surface area contributed by atoms with Crippen LogP contribution in [-0.4, -0.2) is 29.3 Å². The van der Waals surface area contributed by atoms with Gasteiger partial charge in [-0.3, -0.25) is 9.59 Å². The minimum absolute atomic E-state index is 0.129. The zero-order valence-corrected chi connectivity index (χ0v) is 18.0. The summed E-state index contributed by atoms with van der Waals surface area (Å²) in [5.74, 6) is -0.305. The lowest BCUT2D eigenvalue weighted by molar-refractivity contribution is -0.140. The molecule has 2 rings (SSSR count). The van der Waals surface area contributed by atoms with E-state index in [1.165, 1.54) is 0 Å². The van der Waals surface area contributed by atoms with Gasteiger partial charge in [-0.05, 0) is 43.5 Å². The van der Waals surface area contributed by atoms with Crippen LogP contribution < -0.4 is 5.32 Å². The molecule has 0 saturated carbocycles. The molecule has 0 saturated heterocycles. The number of hydrogen-bond donors (Lipinski definition) is 1. The maximum atomic E-state index is 13.1. The molecule has 2 aromatic rings. The summed E-state index contributed by atoms with van der Waals surface area (Å²) in [7, 11) is 0. The van der Waals surface area contributed by atoms with Crippen LogP contribution in [0.2, 0.25) is 10.0 Å². The standard InChI is InChI=1S/C22H26Cl2N2O2/c1-4-10-25-22(28)16(3)26(14-18-8-9-19(23)13-20(18)24)21(27)12-17-7-5-6-15(2)11-17/h5-9,11,13,16H,4,10,12,14H2,1-3H3,(H,25,28).